The zero-order valence-corrected chi connectivity index (χ0v) is 14.4. The summed E-state index contributed by atoms with van der Waals surface area (Å²) in [6, 6.07) is 19.4. The van der Waals surface area contributed by atoms with Gasteiger partial charge in [-0.05, 0) is 19.1 Å². The zero-order valence-electron chi connectivity index (χ0n) is 13.6. The summed E-state index contributed by atoms with van der Waals surface area (Å²) in [5, 5.41) is 7.79. The summed E-state index contributed by atoms with van der Waals surface area (Å²) < 4.78 is 1.74. The highest BCUT2D eigenvalue weighted by Crippen LogP contribution is 2.31. The predicted octanol–water partition coefficient (Wildman–Crippen LogP) is 3.89. The van der Waals surface area contributed by atoms with Crippen LogP contribution in [0, 0.1) is 0 Å². The van der Waals surface area contributed by atoms with Gasteiger partial charge < -0.3 is 5.32 Å². The molecule has 0 saturated heterocycles. The van der Waals surface area contributed by atoms with Crippen molar-refractivity contribution in [2.75, 3.05) is 5.32 Å². The second-order valence-corrected chi connectivity index (χ2v) is 6.79. The summed E-state index contributed by atoms with van der Waals surface area (Å²) in [5.41, 5.74) is 3.41. The second-order valence-electron chi connectivity index (χ2n) is 5.71. The highest BCUT2D eigenvalue weighted by Gasteiger charge is 2.29. The second kappa shape index (κ2) is 6.57. The van der Waals surface area contributed by atoms with E-state index in [0.717, 1.165) is 27.8 Å². The monoisotopic (exact) mass is 348 g/mol. The Labute approximate surface area is 149 Å². The molecule has 25 heavy (non-hydrogen) atoms. The van der Waals surface area contributed by atoms with E-state index in [9.17, 15) is 4.79 Å². The maximum atomic E-state index is 12.6. The lowest BCUT2D eigenvalue weighted by molar-refractivity contribution is -0.114. The van der Waals surface area contributed by atoms with Gasteiger partial charge in [-0.15, -0.1) is 0 Å². The Balaban J connectivity index is 1.57. The van der Waals surface area contributed by atoms with E-state index in [1.807, 2.05) is 73.8 Å². The van der Waals surface area contributed by atoms with Crippen molar-refractivity contribution in [3.63, 3.8) is 0 Å². The molecule has 0 aliphatic carbocycles. The van der Waals surface area contributed by atoms with Gasteiger partial charge in [0.25, 0.3) is 0 Å². The van der Waals surface area contributed by atoms with E-state index < -0.39 is 5.25 Å². The van der Waals surface area contributed by atoms with E-state index in [1.165, 1.54) is 11.8 Å². The normalized spacial score (nSPS) is 16.0. The van der Waals surface area contributed by atoms with Crippen molar-refractivity contribution in [3.05, 3.63) is 66.9 Å². The molecule has 1 N–H and O–H groups in total. The molecular formula is C19H16N4OS. The van der Waals surface area contributed by atoms with Gasteiger partial charge in [-0.25, -0.2) is 9.66 Å². The molecular weight excluding hydrogens is 332 g/mol. The minimum Gasteiger partial charge on any atom is -0.325 e. The number of imidazole rings is 1. The molecule has 0 unspecified atom stereocenters. The molecule has 0 saturated carbocycles. The van der Waals surface area contributed by atoms with Crippen LogP contribution in [0.25, 0.3) is 11.3 Å². The van der Waals surface area contributed by atoms with Gasteiger partial charge in [0.2, 0.25) is 5.91 Å². The van der Waals surface area contributed by atoms with E-state index >= 15 is 0 Å². The number of fused-ring (bicyclic) bond motifs is 1. The van der Waals surface area contributed by atoms with Gasteiger partial charge >= 0.3 is 0 Å². The molecule has 0 spiro atoms. The fourth-order valence-electron chi connectivity index (χ4n) is 2.64. The molecule has 0 bridgehead atoms. The highest BCUT2D eigenvalue weighted by atomic mass is 32.2. The number of thioether (sulfide) groups is 1. The number of aromatic nitrogens is 2. The standard InChI is InChI=1S/C19H16N4OS/c1-13-17(18(24)20-15-10-6-3-7-11-15)25-19-21-16(12-23(19)22-13)14-8-4-2-5-9-14/h2-12,17H,1H3,(H,20,24)/t17-/m1/s1. The fourth-order valence-corrected chi connectivity index (χ4v) is 3.59. The number of anilines is 1. The molecule has 5 nitrogen and oxygen atoms in total. The predicted molar refractivity (Wildman–Crippen MR) is 101 cm³/mol. The van der Waals surface area contributed by atoms with E-state index in [4.69, 9.17) is 0 Å². The Bertz CT molecular complexity index is 935. The lowest BCUT2D eigenvalue weighted by Crippen LogP contribution is -2.33. The van der Waals surface area contributed by atoms with Crippen LogP contribution in [-0.2, 0) is 4.79 Å². The maximum Gasteiger partial charge on any atom is 0.243 e. The summed E-state index contributed by atoms with van der Waals surface area (Å²) in [6.45, 7) is 1.87. The van der Waals surface area contributed by atoms with Gasteiger partial charge in [0.1, 0.15) is 5.25 Å². The number of hydrogen-bond donors (Lipinski definition) is 1. The van der Waals surface area contributed by atoms with Crippen LogP contribution < -0.4 is 5.32 Å². The van der Waals surface area contributed by atoms with E-state index in [2.05, 4.69) is 15.4 Å². The first-order chi connectivity index (χ1) is 12.2. The van der Waals surface area contributed by atoms with Gasteiger partial charge in [-0.3, -0.25) is 4.79 Å². The molecule has 3 aromatic rings. The summed E-state index contributed by atoms with van der Waals surface area (Å²) in [6.07, 6.45) is 1.90. The number of para-hydroxylation sites is 1. The van der Waals surface area contributed by atoms with Crippen molar-refractivity contribution >= 4 is 29.1 Å². The quantitative estimate of drug-likeness (QED) is 0.781. The Morgan fingerprint density at radius 3 is 2.48 bits per heavy atom. The number of benzene rings is 2. The third-order valence-corrected chi connectivity index (χ3v) is 5.15. The molecule has 4 rings (SSSR count). The molecule has 0 radical (unpaired) electrons. The minimum atomic E-state index is -0.390. The van der Waals surface area contributed by atoms with Crippen LogP contribution in [0.1, 0.15) is 6.92 Å². The first kappa shape index (κ1) is 15.7. The SMILES string of the molecule is CC1=Nn2cc(-c3ccccc3)nc2S[C@H]1C(=O)Nc1ccccc1. The average Bonchev–Trinajstić information content (AvgIpc) is 3.05. The third kappa shape index (κ3) is 3.21. The molecule has 1 amide bonds. The first-order valence-electron chi connectivity index (χ1n) is 7.93. The summed E-state index contributed by atoms with van der Waals surface area (Å²) in [7, 11) is 0. The van der Waals surface area contributed by atoms with Gasteiger partial charge in [0.05, 0.1) is 17.6 Å². The molecule has 1 aliphatic rings. The zero-order chi connectivity index (χ0) is 17.2. The fraction of sp³-hybridized carbons (Fsp3) is 0.105. The number of rotatable bonds is 3. The summed E-state index contributed by atoms with van der Waals surface area (Å²) >= 11 is 1.42. The van der Waals surface area contributed by atoms with Crippen LogP contribution in [0.4, 0.5) is 5.69 Å². The number of nitrogens with zero attached hydrogens (tertiary/aromatic N) is 3. The van der Waals surface area contributed by atoms with Crippen LogP contribution in [0.3, 0.4) is 0 Å². The van der Waals surface area contributed by atoms with Gasteiger partial charge in [-0.2, -0.15) is 5.10 Å². The van der Waals surface area contributed by atoms with E-state index in [0.29, 0.717) is 0 Å². The lowest BCUT2D eigenvalue weighted by Gasteiger charge is -2.19. The molecule has 6 heteroatoms. The van der Waals surface area contributed by atoms with Crippen LogP contribution in [0.5, 0.6) is 0 Å². The van der Waals surface area contributed by atoms with Gasteiger partial charge in [0, 0.05) is 11.3 Å². The Morgan fingerprint density at radius 2 is 1.76 bits per heavy atom. The number of hydrogen-bond acceptors (Lipinski definition) is 4. The molecule has 2 heterocycles. The molecule has 1 aliphatic heterocycles. The number of amides is 1. The van der Waals surface area contributed by atoms with Crippen molar-refractivity contribution in [1.82, 2.24) is 9.66 Å². The Kier molecular flexibility index (Phi) is 4.11. The summed E-state index contributed by atoms with van der Waals surface area (Å²) in [4.78, 5) is 17.2. The number of carbonyl (C=O) groups is 1. The Morgan fingerprint density at radius 1 is 1.08 bits per heavy atom. The smallest absolute Gasteiger partial charge is 0.243 e. The molecule has 0 fully saturated rings. The average molecular weight is 348 g/mol. The third-order valence-electron chi connectivity index (χ3n) is 3.87. The van der Waals surface area contributed by atoms with E-state index in [-0.39, 0.29) is 5.91 Å². The van der Waals surface area contributed by atoms with Crippen molar-refractivity contribution in [2.45, 2.75) is 17.3 Å². The van der Waals surface area contributed by atoms with Crippen LogP contribution in [0.15, 0.2) is 77.1 Å². The number of nitrogens with one attached hydrogen (secondary N) is 1. The lowest BCUT2D eigenvalue weighted by atomic mass is 10.2. The van der Waals surface area contributed by atoms with Gasteiger partial charge in [0.15, 0.2) is 5.16 Å². The molecule has 124 valence electrons. The van der Waals surface area contributed by atoms with Crippen molar-refractivity contribution < 1.29 is 4.79 Å². The van der Waals surface area contributed by atoms with Crippen molar-refractivity contribution in [3.8, 4) is 11.3 Å². The largest absolute Gasteiger partial charge is 0.325 e. The highest BCUT2D eigenvalue weighted by molar-refractivity contribution is 8.01. The molecule has 1 aromatic heterocycles. The topological polar surface area (TPSA) is 59.3 Å². The van der Waals surface area contributed by atoms with Crippen LogP contribution in [0.2, 0.25) is 0 Å². The van der Waals surface area contributed by atoms with Crippen LogP contribution in [-0.4, -0.2) is 26.5 Å². The summed E-state index contributed by atoms with van der Waals surface area (Å²) in [5.74, 6) is -0.0899. The van der Waals surface area contributed by atoms with Crippen molar-refractivity contribution in [2.24, 2.45) is 5.10 Å². The van der Waals surface area contributed by atoms with Crippen LogP contribution >= 0.6 is 11.8 Å². The Hall–Kier alpha value is -2.86. The molecule has 2 aromatic carbocycles. The molecule has 1 atom stereocenters. The van der Waals surface area contributed by atoms with Gasteiger partial charge in [-0.1, -0.05) is 60.3 Å². The first-order valence-corrected chi connectivity index (χ1v) is 8.81. The maximum absolute atomic E-state index is 12.6. The minimum absolute atomic E-state index is 0.0899. The van der Waals surface area contributed by atoms with Crippen molar-refractivity contribution in [1.29, 1.82) is 0 Å². The number of carbonyl (C=O) groups excluding carboxylic acids is 1. The van der Waals surface area contributed by atoms with E-state index in [1.54, 1.807) is 4.68 Å².